The molecule has 11 heteroatoms. The van der Waals surface area contributed by atoms with Crippen LogP contribution in [0.3, 0.4) is 0 Å². The van der Waals surface area contributed by atoms with Crippen LogP contribution < -0.4 is 4.74 Å². The lowest BCUT2D eigenvalue weighted by Crippen LogP contribution is -2.00. The molecule has 0 aliphatic heterocycles. The molecule has 4 unspecified atom stereocenters. The third-order valence-corrected chi connectivity index (χ3v) is 7.73. The van der Waals surface area contributed by atoms with E-state index in [9.17, 15) is 25.5 Å². The second-order valence-electron chi connectivity index (χ2n) is 11.3. The van der Waals surface area contributed by atoms with Gasteiger partial charge in [-0.25, -0.2) is 0 Å². The van der Waals surface area contributed by atoms with Crippen LogP contribution in [0.2, 0.25) is 0 Å². The summed E-state index contributed by atoms with van der Waals surface area (Å²) in [4.78, 5) is 0. The minimum atomic E-state index is -0.573. The average Bonchev–Trinajstić information content (AvgIpc) is 3.15. The number of hydrogen-bond acceptors (Lipinski definition) is 11. The zero-order valence-electron chi connectivity index (χ0n) is 29.4. The zero-order valence-corrected chi connectivity index (χ0v) is 29.4. The van der Waals surface area contributed by atoms with Gasteiger partial charge in [0, 0.05) is 0 Å². The van der Waals surface area contributed by atoms with Gasteiger partial charge in [0.15, 0.2) is 23.0 Å². The number of benzene rings is 4. The summed E-state index contributed by atoms with van der Waals surface area (Å²) in [7, 11) is 1.48. The fourth-order valence-electron chi connectivity index (χ4n) is 4.48. The Kier molecular flexibility index (Phi) is 20.2. The van der Waals surface area contributed by atoms with Crippen molar-refractivity contribution < 1.29 is 55.8 Å². The van der Waals surface area contributed by atoms with Gasteiger partial charge in [0.05, 0.1) is 44.7 Å². The van der Waals surface area contributed by atoms with Gasteiger partial charge >= 0.3 is 0 Å². The smallest absolute Gasteiger partial charge is 0.160 e. The van der Waals surface area contributed by atoms with Crippen molar-refractivity contribution in [2.45, 2.75) is 91.0 Å². The number of ether oxygens (including phenoxy) is 1. The first-order chi connectivity index (χ1) is 23.8. The minimum absolute atomic E-state index is 0.0849. The maximum Gasteiger partial charge on any atom is 0.160 e. The van der Waals surface area contributed by atoms with E-state index in [0.29, 0.717) is 48.1 Å². The van der Waals surface area contributed by atoms with Crippen LogP contribution >= 0.6 is 0 Å². The molecular weight excluding hydrogens is 644 g/mol. The van der Waals surface area contributed by atoms with E-state index in [0.717, 1.165) is 16.7 Å². The molecule has 4 aromatic carbocycles. The summed E-state index contributed by atoms with van der Waals surface area (Å²) in [6, 6.07) is 21.1. The van der Waals surface area contributed by atoms with E-state index < -0.39 is 24.4 Å². The maximum absolute atomic E-state index is 9.57. The van der Waals surface area contributed by atoms with Crippen molar-refractivity contribution in [1.82, 2.24) is 0 Å². The fourth-order valence-corrected chi connectivity index (χ4v) is 4.48. The summed E-state index contributed by atoms with van der Waals surface area (Å²) in [5.74, 6) is 0.330. The van der Waals surface area contributed by atoms with Crippen molar-refractivity contribution in [2.75, 3.05) is 7.11 Å². The largest absolute Gasteiger partial charge is 0.508 e. The number of phenolic OH excluding ortho intramolecular Hbond substituents is 4. The van der Waals surface area contributed by atoms with Crippen molar-refractivity contribution in [3.63, 3.8) is 0 Å². The van der Waals surface area contributed by atoms with Crippen LogP contribution in [0, 0.1) is 0 Å². The predicted octanol–water partition coefficient (Wildman–Crippen LogP) is 6.34. The molecule has 0 heterocycles. The van der Waals surface area contributed by atoms with Gasteiger partial charge in [0.2, 0.25) is 0 Å². The Morgan fingerprint density at radius 3 is 1.36 bits per heavy atom. The summed E-state index contributed by atoms with van der Waals surface area (Å²) in [5, 5.41) is 92.1. The Balaban J connectivity index is 0.000000335. The normalized spacial score (nSPS) is 12.8. The van der Waals surface area contributed by atoms with Crippen LogP contribution in [0.5, 0.6) is 28.7 Å². The van der Waals surface area contributed by atoms with E-state index >= 15 is 0 Å². The molecule has 0 radical (unpaired) electrons. The average molecular weight is 699 g/mol. The number of aliphatic hydroxyl groups is 6. The van der Waals surface area contributed by atoms with Crippen molar-refractivity contribution in [3.8, 4) is 28.7 Å². The lowest BCUT2D eigenvalue weighted by atomic mass is 10.0. The van der Waals surface area contributed by atoms with Gasteiger partial charge in [0.1, 0.15) is 5.75 Å². The first-order valence-corrected chi connectivity index (χ1v) is 16.5. The molecule has 0 spiro atoms. The van der Waals surface area contributed by atoms with Gasteiger partial charge in [-0.3, -0.25) is 0 Å². The highest BCUT2D eigenvalue weighted by Crippen LogP contribution is 2.30. The Bertz CT molecular complexity index is 1540. The third kappa shape index (κ3) is 14.2. The predicted molar refractivity (Wildman–Crippen MR) is 192 cm³/mol. The molecule has 4 rings (SSSR count). The van der Waals surface area contributed by atoms with Gasteiger partial charge < -0.3 is 55.8 Å². The minimum Gasteiger partial charge on any atom is -0.508 e. The molecule has 0 aliphatic carbocycles. The lowest BCUT2D eigenvalue weighted by Gasteiger charge is -2.11. The van der Waals surface area contributed by atoms with E-state index in [4.69, 9.17) is 30.3 Å². The standard InChI is InChI=1S/C11H16O3.C10H14O3.C9H12O3.C9H12O2/c1-2-11(14)8-3-4-9(6-12)10(5-8)7-13;1-3-8(11)7-4-5-9(12)10(6-7)13-2;1-2-7(10)6-3-4-8(11)9(12)5-6;1-2-9(11)7-4-3-5-8(10)6-7/h3-5,11-14H,2,6-7H2,1H3;4-6,8,11-12H,3H2,1-2H3;3-5,7,10-12H,2H2,1H3;3-6,9-11H,2H2,1H3. The molecule has 0 saturated carbocycles. The maximum atomic E-state index is 9.57. The number of aromatic hydroxyl groups is 4. The lowest BCUT2D eigenvalue weighted by molar-refractivity contribution is 0.173. The Morgan fingerprint density at radius 2 is 0.920 bits per heavy atom. The first-order valence-electron chi connectivity index (χ1n) is 16.5. The van der Waals surface area contributed by atoms with E-state index in [1.807, 2.05) is 27.7 Å². The van der Waals surface area contributed by atoms with Gasteiger partial charge in [0.25, 0.3) is 0 Å². The van der Waals surface area contributed by atoms with Crippen molar-refractivity contribution in [2.24, 2.45) is 0 Å². The van der Waals surface area contributed by atoms with Crippen LogP contribution in [-0.4, -0.2) is 58.2 Å². The topological polar surface area (TPSA) is 212 Å². The second-order valence-corrected chi connectivity index (χ2v) is 11.3. The molecule has 11 nitrogen and oxygen atoms in total. The highest BCUT2D eigenvalue weighted by atomic mass is 16.5. The second kappa shape index (κ2) is 23.1. The zero-order chi connectivity index (χ0) is 37.8. The number of phenols is 4. The molecule has 0 aromatic heterocycles. The number of hydrogen-bond donors (Lipinski definition) is 10. The molecule has 0 saturated heterocycles. The molecule has 50 heavy (non-hydrogen) atoms. The third-order valence-electron chi connectivity index (χ3n) is 7.73. The van der Waals surface area contributed by atoms with Gasteiger partial charge in [-0.05, 0) is 95.5 Å². The van der Waals surface area contributed by atoms with Crippen molar-refractivity contribution in [3.05, 3.63) is 112 Å². The SMILES string of the molecule is CCC(O)c1ccc(CO)c(CO)c1.CCC(O)c1ccc(O)c(O)c1.CCC(O)c1ccc(O)c(OC)c1.CCC(O)c1cccc(O)c1. The fraction of sp³-hybridized carbons (Fsp3) is 0.385. The monoisotopic (exact) mass is 698 g/mol. The van der Waals surface area contributed by atoms with E-state index in [1.165, 1.54) is 25.3 Å². The van der Waals surface area contributed by atoms with Crippen LogP contribution in [0.25, 0.3) is 0 Å². The summed E-state index contributed by atoms with van der Waals surface area (Å²) < 4.78 is 4.92. The molecule has 0 bridgehead atoms. The number of methoxy groups -OCH3 is 1. The summed E-state index contributed by atoms with van der Waals surface area (Å²) in [5.41, 5.74) is 4.32. The molecular formula is C39H54O11. The number of rotatable bonds is 11. The van der Waals surface area contributed by atoms with Gasteiger partial charge in [-0.1, -0.05) is 70.2 Å². The summed E-state index contributed by atoms with van der Waals surface area (Å²) in [6.45, 7) is 7.33. The molecule has 0 amide bonds. The van der Waals surface area contributed by atoms with Crippen LogP contribution in [0.4, 0.5) is 0 Å². The van der Waals surface area contributed by atoms with Crippen molar-refractivity contribution >= 4 is 0 Å². The first kappa shape index (κ1) is 43.7. The van der Waals surface area contributed by atoms with Crippen LogP contribution in [0.1, 0.15) is 111 Å². The van der Waals surface area contributed by atoms with Gasteiger partial charge in [-0.2, -0.15) is 0 Å². The Hall–Kier alpha value is -4.36. The number of aliphatic hydroxyl groups excluding tert-OH is 6. The Labute approximate surface area is 294 Å². The molecule has 0 fully saturated rings. The quantitative estimate of drug-likeness (QED) is 0.0781. The summed E-state index contributed by atoms with van der Waals surface area (Å²) in [6.07, 6.45) is 0.534. The molecule has 276 valence electrons. The van der Waals surface area contributed by atoms with E-state index in [2.05, 4.69) is 0 Å². The highest BCUT2D eigenvalue weighted by Gasteiger charge is 2.10. The van der Waals surface area contributed by atoms with Crippen LogP contribution in [0.15, 0.2) is 78.9 Å². The van der Waals surface area contributed by atoms with E-state index in [1.54, 1.807) is 60.7 Å². The molecule has 10 N–H and O–H groups in total. The summed E-state index contributed by atoms with van der Waals surface area (Å²) >= 11 is 0. The van der Waals surface area contributed by atoms with Crippen LogP contribution in [-0.2, 0) is 13.2 Å². The Morgan fingerprint density at radius 1 is 0.480 bits per heavy atom. The molecule has 4 atom stereocenters. The highest BCUT2D eigenvalue weighted by molar-refractivity contribution is 5.42. The molecule has 0 aliphatic rings. The van der Waals surface area contributed by atoms with Crippen molar-refractivity contribution in [1.29, 1.82) is 0 Å². The molecule has 4 aromatic rings. The van der Waals surface area contributed by atoms with E-state index in [-0.39, 0.29) is 36.2 Å². The van der Waals surface area contributed by atoms with Gasteiger partial charge in [-0.15, -0.1) is 0 Å².